The molecule has 0 saturated carbocycles. The normalized spacial score (nSPS) is 11.2. The van der Waals surface area contributed by atoms with Crippen LogP contribution in [-0.4, -0.2) is 6.36 Å². The van der Waals surface area contributed by atoms with Crippen molar-refractivity contribution in [2.24, 2.45) is 0 Å². The van der Waals surface area contributed by atoms with Crippen molar-refractivity contribution >= 4 is 10.8 Å². The highest BCUT2D eigenvalue weighted by Crippen LogP contribution is 2.24. The number of unbranched alkanes of at least 4 members (excludes halogenated alkanes) is 2. The topological polar surface area (TPSA) is 9.23 Å². The number of aryl methyl sites for hydroxylation is 1. The van der Waals surface area contributed by atoms with Gasteiger partial charge in [0.25, 0.3) is 0 Å². The molecule has 1 nitrogen and oxygen atoms in total. The van der Waals surface area contributed by atoms with Crippen molar-refractivity contribution in [2.45, 2.75) is 39.0 Å². The predicted molar refractivity (Wildman–Crippen MR) is 106 cm³/mol. The number of hydrogen-bond acceptors (Lipinski definition) is 1. The van der Waals surface area contributed by atoms with Crippen LogP contribution in [0.25, 0.3) is 10.8 Å². The summed E-state index contributed by atoms with van der Waals surface area (Å²) in [4.78, 5) is 0. The molecule has 0 aliphatic carbocycles. The molecule has 0 unspecified atom stereocenters. The first-order chi connectivity index (χ1) is 13.9. The molecule has 3 aromatic carbocycles. The first-order valence-corrected chi connectivity index (χ1v) is 9.44. The standard InChI is InChI=1S/C24H20F4O/c1-2-3-4-5-18-9-15-22-20(16-18)12-11-19(23(22)25)10-6-17-7-13-21(14-8-17)29-24(26,27)28/h7-9,11-16H,2-5H2,1H3. The fourth-order valence-electron chi connectivity index (χ4n) is 3.05. The molecule has 3 aromatic rings. The minimum atomic E-state index is -4.74. The van der Waals surface area contributed by atoms with Gasteiger partial charge in [-0.3, -0.25) is 0 Å². The average Bonchev–Trinajstić information content (AvgIpc) is 2.68. The van der Waals surface area contributed by atoms with Gasteiger partial charge in [0.1, 0.15) is 11.6 Å². The van der Waals surface area contributed by atoms with Crippen molar-refractivity contribution in [1.82, 2.24) is 0 Å². The number of rotatable bonds is 5. The van der Waals surface area contributed by atoms with Gasteiger partial charge in [-0.05, 0) is 54.1 Å². The highest BCUT2D eigenvalue weighted by molar-refractivity contribution is 5.85. The SMILES string of the molecule is CCCCCc1ccc2c(F)c(C#Cc3ccc(OC(F)(F)F)cc3)ccc2c1. The highest BCUT2D eigenvalue weighted by Gasteiger charge is 2.30. The van der Waals surface area contributed by atoms with E-state index in [2.05, 4.69) is 23.5 Å². The van der Waals surface area contributed by atoms with Crippen LogP contribution in [0.4, 0.5) is 17.6 Å². The Bertz CT molecular complexity index is 1040. The third-order valence-electron chi connectivity index (χ3n) is 4.52. The second-order valence-electron chi connectivity index (χ2n) is 6.76. The highest BCUT2D eigenvalue weighted by atomic mass is 19.4. The monoisotopic (exact) mass is 400 g/mol. The molecule has 0 heterocycles. The molecule has 150 valence electrons. The van der Waals surface area contributed by atoms with Crippen LogP contribution in [0.1, 0.15) is 42.9 Å². The summed E-state index contributed by atoms with van der Waals surface area (Å²) < 4.78 is 55.2. The van der Waals surface area contributed by atoms with Crippen molar-refractivity contribution in [1.29, 1.82) is 0 Å². The van der Waals surface area contributed by atoms with Crippen LogP contribution in [-0.2, 0) is 6.42 Å². The summed E-state index contributed by atoms with van der Waals surface area (Å²) in [7, 11) is 0. The molecule has 0 saturated heterocycles. The molecule has 0 aliphatic rings. The smallest absolute Gasteiger partial charge is 0.406 e. The Morgan fingerprint density at radius 1 is 0.897 bits per heavy atom. The van der Waals surface area contributed by atoms with Crippen molar-refractivity contribution in [3.8, 4) is 17.6 Å². The van der Waals surface area contributed by atoms with Gasteiger partial charge in [-0.25, -0.2) is 4.39 Å². The zero-order chi connectivity index (χ0) is 20.9. The second-order valence-corrected chi connectivity index (χ2v) is 6.76. The summed E-state index contributed by atoms with van der Waals surface area (Å²) in [5.41, 5.74) is 1.89. The third kappa shape index (κ3) is 5.74. The molecule has 3 rings (SSSR count). The Morgan fingerprint density at radius 3 is 2.34 bits per heavy atom. The third-order valence-corrected chi connectivity index (χ3v) is 4.52. The molecule has 0 atom stereocenters. The van der Waals surface area contributed by atoms with E-state index in [0.717, 1.165) is 24.6 Å². The number of hydrogen-bond donors (Lipinski definition) is 0. The molecular formula is C24H20F4O. The van der Waals surface area contributed by atoms with E-state index in [1.165, 1.54) is 36.2 Å². The van der Waals surface area contributed by atoms with Crippen molar-refractivity contribution in [3.05, 3.63) is 77.1 Å². The molecule has 0 N–H and O–H groups in total. The van der Waals surface area contributed by atoms with Crippen molar-refractivity contribution in [2.75, 3.05) is 0 Å². The molecule has 0 amide bonds. The summed E-state index contributed by atoms with van der Waals surface area (Å²) in [5, 5.41) is 1.33. The predicted octanol–water partition coefficient (Wildman–Crippen LogP) is 7.01. The Morgan fingerprint density at radius 2 is 1.66 bits per heavy atom. The van der Waals surface area contributed by atoms with Crippen LogP contribution >= 0.6 is 0 Å². The summed E-state index contributed by atoms with van der Waals surface area (Å²) in [6, 6.07) is 14.3. The van der Waals surface area contributed by atoms with Gasteiger partial charge in [-0.2, -0.15) is 0 Å². The van der Waals surface area contributed by atoms with Crippen LogP contribution in [0.2, 0.25) is 0 Å². The summed E-state index contributed by atoms with van der Waals surface area (Å²) in [6.45, 7) is 2.16. The number of ether oxygens (including phenoxy) is 1. The summed E-state index contributed by atoms with van der Waals surface area (Å²) >= 11 is 0. The van der Waals surface area contributed by atoms with E-state index >= 15 is 0 Å². The van der Waals surface area contributed by atoms with Crippen LogP contribution in [0.3, 0.4) is 0 Å². The van der Waals surface area contributed by atoms with Gasteiger partial charge >= 0.3 is 6.36 Å². The van der Waals surface area contributed by atoms with E-state index in [4.69, 9.17) is 0 Å². The quantitative estimate of drug-likeness (QED) is 0.254. The van der Waals surface area contributed by atoms with Gasteiger partial charge in [0.15, 0.2) is 0 Å². The fraction of sp³-hybridized carbons (Fsp3) is 0.250. The Hall–Kier alpha value is -3.00. The lowest BCUT2D eigenvalue weighted by atomic mass is 10.0. The molecule has 29 heavy (non-hydrogen) atoms. The van der Waals surface area contributed by atoms with Gasteiger partial charge in [-0.1, -0.05) is 55.9 Å². The van der Waals surface area contributed by atoms with Crippen molar-refractivity contribution in [3.63, 3.8) is 0 Å². The van der Waals surface area contributed by atoms with Crippen LogP contribution in [0, 0.1) is 17.7 Å². The molecule has 0 bridgehead atoms. The lowest BCUT2D eigenvalue weighted by molar-refractivity contribution is -0.274. The molecule has 5 heteroatoms. The maximum Gasteiger partial charge on any atom is 0.573 e. The minimum absolute atomic E-state index is 0.242. The molecular weight excluding hydrogens is 380 g/mol. The van der Waals surface area contributed by atoms with Gasteiger partial charge in [0.05, 0.1) is 5.56 Å². The zero-order valence-corrected chi connectivity index (χ0v) is 15.9. The van der Waals surface area contributed by atoms with Crippen LogP contribution in [0.5, 0.6) is 5.75 Å². The number of benzene rings is 3. The lowest BCUT2D eigenvalue weighted by Crippen LogP contribution is -2.16. The van der Waals surface area contributed by atoms with E-state index in [0.29, 0.717) is 10.9 Å². The maximum absolute atomic E-state index is 14.8. The minimum Gasteiger partial charge on any atom is -0.406 e. The zero-order valence-electron chi connectivity index (χ0n) is 15.9. The molecule has 0 aliphatic heterocycles. The van der Waals surface area contributed by atoms with Gasteiger partial charge < -0.3 is 4.74 Å². The average molecular weight is 400 g/mol. The summed E-state index contributed by atoms with van der Waals surface area (Å²) in [6.07, 6.45) is -0.328. The Balaban J connectivity index is 1.79. The molecule has 0 radical (unpaired) electrons. The Labute approximate surface area is 167 Å². The van der Waals surface area contributed by atoms with E-state index in [1.807, 2.05) is 18.2 Å². The number of halogens is 4. The second kappa shape index (κ2) is 9.00. The largest absolute Gasteiger partial charge is 0.573 e. The molecule has 0 fully saturated rings. The van der Waals surface area contributed by atoms with Gasteiger partial charge in [0, 0.05) is 10.9 Å². The van der Waals surface area contributed by atoms with E-state index < -0.39 is 12.2 Å². The first kappa shape index (κ1) is 20.7. The van der Waals surface area contributed by atoms with E-state index in [9.17, 15) is 17.6 Å². The van der Waals surface area contributed by atoms with Crippen LogP contribution in [0.15, 0.2) is 54.6 Å². The fourth-order valence-corrected chi connectivity index (χ4v) is 3.05. The van der Waals surface area contributed by atoms with E-state index in [1.54, 1.807) is 12.1 Å². The van der Waals surface area contributed by atoms with Gasteiger partial charge in [0.2, 0.25) is 0 Å². The molecule has 0 aromatic heterocycles. The first-order valence-electron chi connectivity index (χ1n) is 9.44. The van der Waals surface area contributed by atoms with E-state index in [-0.39, 0.29) is 11.3 Å². The Kier molecular flexibility index (Phi) is 6.43. The lowest BCUT2D eigenvalue weighted by Gasteiger charge is -2.08. The van der Waals surface area contributed by atoms with Gasteiger partial charge in [-0.15, -0.1) is 13.2 Å². The summed E-state index contributed by atoms with van der Waals surface area (Å²) in [5.74, 6) is 4.81. The molecule has 0 spiro atoms. The number of alkyl halides is 3. The maximum atomic E-state index is 14.8. The number of fused-ring (bicyclic) bond motifs is 1. The van der Waals surface area contributed by atoms with Crippen molar-refractivity contribution < 1.29 is 22.3 Å². The van der Waals surface area contributed by atoms with Crippen LogP contribution < -0.4 is 4.74 Å².